The summed E-state index contributed by atoms with van der Waals surface area (Å²) in [6.45, 7) is 11.5. The first-order valence-electron chi connectivity index (χ1n) is 10.5. The minimum Gasteiger partial charge on any atom is -0.512 e. The largest absolute Gasteiger partial charge is 0.512 e. The molecule has 0 aliphatic carbocycles. The van der Waals surface area contributed by atoms with E-state index in [1.807, 2.05) is 20.8 Å². The van der Waals surface area contributed by atoms with Crippen LogP contribution in [-0.2, 0) is 6.42 Å². The zero-order valence-electron chi connectivity index (χ0n) is 18.6. The molecule has 0 fully saturated rings. The first-order valence-corrected chi connectivity index (χ1v) is 10.5. The van der Waals surface area contributed by atoms with E-state index in [1.54, 1.807) is 25.1 Å². The number of hydrogen-bond acceptors (Lipinski definition) is 3. The van der Waals surface area contributed by atoms with Crippen molar-refractivity contribution < 1.29 is 24.1 Å². The Morgan fingerprint density at radius 3 is 2.42 bits per heavy atom. The van der Waals surface area contributed by atoms with Crippen LogP contribution >= 0.6 is 0 Å². The molecule has 0 aliphatic rings. The minimum atomic E-state index is -1.04. The molecule has 166 valence electrons. The van der Waals surface area contributed by atoms with E-state index in [-0.39, 0.29) is 35.6 Å². The number of carboxylic acid groups (broad SMARTS) is 1. The van der Waals surface area contributed by atoms with Crippen molar-refractivity contribution >= 4 is 12.0 Å². The molecule has 0 spiro atoms. The number of aliphatic hydroxyl groups is 1. The van der Waals surface area contributed by atoms with Gasteiger partial charge in [0.15, 0.2) is 0 Å². The molecule has 2 aromatic carbocycles. The highest BCUT2D eigenvalue weighted by atomic mass is 19.1. The number of rotatable bonds is 10. The van der Waals surface area contributed by atoms with Gasteiger partial charge in [0.25, 0.3) is 0 Å². The molecule has 31 heavy (non-hydrogen) atoms. The van der Waals surface area contributed by atoms with Crippen molar-refractivity contribution in [2.45, 2.75) is 59.0 Å². The number of hydrogen-bond donors (Lipinski definition) is 2. The lowest BCUT2D eigenvalue weighted by atomic mass is 9.88. The van der Waals surface area contributed by atoms with Crippen LogP contribution in [0, 0.1) is 5.82 Å². The average molecular weight is 427 g/mol. The number of benzene rings is 2. The summed E-state index contributed by atoms with van der Waals surface area (Å²) < 4.78 is 19.9. The molecule has 0 saturated heterocycles. The van der Waals surface area contributed by atoms with Crippen molar-refractivity contribution in [3.63, 3.8) is 0 Å². The zero-order valence-corrected chi connectivity index (χ0v) is 18.6. The molecule has 0 amide bonds. The highest BCUT2D eigenvalue weighted by Crippen LogP contribution is 2.32. The topological polar surface area (TPSA) is 66.8 Å². The molecule has 0 heterocycles. The minimum absolute atomic E-state index is 0.00279. The van der Waals surface area contributed by atoms with Crippen LogP contribution in [0.3, 0.4) is 0 Å². The van der Waals surface area contributed by atoms with Gasteiger partial charge in [0.05, 0.1) is 17.4 Å². The zero-order chi connectivity index (χ0) is 23.1. The fraction of sp³-hybridized carbons (Fsp3) is 0.346. The molecule has 1 unspecified atom stereocenters. The molecule has 5 heteroatoms. The maximum atomic E-state index is 13.8. The Morgan fingerprint density at radius 1 is 1.16 bits per heavy atom. The summed E-state index contributed by atoms with van der Waals surface area (Å²) in [6, 6.07) is 9.17. The lowest BCUT2D eigenvalue weighted by Gasteiger charge is -2.21. The van der Waals surface area contributed by atoms with Crippen LogP contribution in [-0.4, -0.2) is 22.3 Å². The van der Waals surface area contributed by atoms with Crippen LogP contribution in [0.1, 0.15) is 73.5 Å². The molecule has 4 nitrogen and oxygen atoms in total. The van der Waals surface area contributed by atoms with E-state index >= 15 is 0 Å². The van der Waals surface area contributed by atoms with Gasteiger partial charge in [-0.25, -0.2) is 9.18 Å². The number of carbonyl (C=O) groups is 1. The molecule has 0 aliphatic heterocycles. The third-order valence-electron chi connectivity index (χ3n) is 5.71. The molecule has 2 rings (SSSR count). The van der Waals surface area contributed by atoms with Crippen molar-refractivity contribution in [3.8, 4) is 5.75 Å². The van der Waals surface area contributed by atoms with Crippen LogP contribution in [0.15, 0.2) is 54.3 Å². The Kier molecular flexibility index (Phi) is 8.43. The first kappa shape index (κ1) is 24.2. The number of allylic oxidation sites excluding steroid dienone is 2. The Hall–Kier alpha value is -3.08. The highest BCUT2D eigenvalue weighted by Gasteiger charge is 2.19. The second kappa shape index (κ2) is 10.8. The van der Waals surface area contributed by atoms with Gasteiger partial charge in [0.1, 0.15) is 11.6 Å². The lowest BCUT2D eigenvalue weighted by Crippen LogP contribution is -2.15. The van der Waals surface area contributed by atoms with Gasteiger partial charge in [-0.2, -0.15) is 0 Å². The molecule has 0 saturated carbocycles. The van der Waals surface area contributed by atoms with E-state index < -0.39 is 5.97 Å². The standard InChI is InChI=1S/C26H31FO4/c1-6-18-9-11-21(27)15-23(18)16(4)17(5)24(28)14-20-13-19(26(29)30)10-12-25(20)31-22(7-2)8-3/h6,9-13,15-16,22,28H,1,7-8,14H2,2-5H3,(H,29,30). The van der Waals surface area contributed by atoms with Gasteiger partial charge >= 0.3 is 5.97 Å². The second-order valence-corrected chi connectivity index (χ2v) is 7.69. The van der Waals surface area contributed by atoms with Gasteiger partial charge in [-0.15, -0.1) is 0 Å². The van der Waals surface area contributed by atoms with Crippen LogP contribution in [0.5, 0.6) is 5.75 Å². The van der Waals surface area contributed by atoms with E-state index in [2.05, 4.69) is 6.58 Å². The predicted octanol–water partition coefficient (Wildman–Crippen LogP) is 6.91. The quantitative estimate of drug-likeness (QED) is 0.405. The van der Waals surface area contributed by atoms with Crippen LogP contribution in [0.4, 0.5) is 4.39 Å². The van der Waals surface area contributed by atoms with Gasteiger partial charge < -0.3 is 14.9 Å². The third kappa shape index (κ3) is 5.97. The van der Waals surface area contributed by atoms with E-state index in [4.69, 9.17) is 4.74 Å². The normalized spacial score (nSPS) is 13.0. The summed E-state index contributed by atoms with van der Waals surface area (Å²) in [5.74, 6) is -0.990. The van der Waals surface area contributed by atoms with E-state index in [0.29, 0.717) is 16.9 Å². The second-order valence-electron chi connectivity index (χ2n) is 7.69. The van der Waals surface area contributed by atoms with E-state index in [0.717, 1.165) is 24.0 Å². The molecule has 0 aromatic heterocycles. The third-order valence-corrected chi connectivity index (χ3v) is 5.71. The number of halogens is 1. The SMILES string of the molecule is C=Cc1ccc(F)cc1C(C)C(C)=C(O)Cc1cc(C(=O)O)ccc1OC(CC)CC. The summed E-state index contributed by atoms with van der Waals surface area (Å²) in [5, 5.41) is 20.3. The van der Waals surface area contributed by atoms with Crippen molar-refractivity contribution in [2.75, 3.05) is 0 Å². The number of aliphatic hydroxyl groups excluding tert-OH is 1. The molecular weight excluding hydrogens is 395 g/mol. The maximum Gasteiger partial charge on any atom is 0.335 e. The smallest absolute Gasteiger partial charge is 0.335 e. The Balaban J connectivity index is 2.43. The number of aromatic carboxylic acids is 1. The van der Waals surface area contributed by atoms with Gasteiger partial charge in [-0.1, -0.05) is 39.5 Å². The molecule has 2 aromatic rings. The number of ether oxygens (including phenoxy) is 1. The molecule has 1 atom stereocenters. The number of carboxylic acids is 1. The predicted molar refractivity (Wildman–Crippen MR) is 122 cm³/mol. The summed E-state index contributed by atoms with van der Waals surface area (Å²) >= 11 is 0. The monoisotopic (exact) mass is 426 g/mol. The maximum absolute atomic E-state index is 13.8. The van der Waals surface area contributed by atoms with E-state index in [9.17, 15) is 19.4 Å². The fourth-order valence-electron chi connectivity index (χ4n) is 3.51. The summed E-state index contributed by atoms with van der Waals surface area (Å²) in [4.78, 5) is 11.5. The van der Waals surface area contributed by atoms with Crippen LogP contribution in [0.2, 0.25) is 0 Å². The van der Waals surface area contributed by atoms with Gasteiger partial charge in [0, 0.05) is 17.9 Å². The van der Waals surface area contributed by atoms with Crippen molar-refractivity contribution in [1.29, 1.82) is 0 Å². The molecular formula is C26H31FO4. The van der Waals surface area contributed by atoms with Crippen molar-refractivity contribution in [2.24, 2.45) is 0 Å². The Morgan fingerprint density at radius 2 is 1.84 bits per heavy atom. The van der Waals surface area contributed by atoms with Gasteiger partial charge in [-0.05, 0) is 66.8 Å². The van der Waals surface area contributed by atoms with Gasteiger partial charge in [0.2, 0.25) is 0 Å². The van der Waals surface area contributed by atoms with E-state index in [1.165, 1.54) is 24.3 Å². The Labute approximate surface area is 183 Å². The molecule has 0 bridgehead atoms. The summed E-state index contributed by atoms with van der Waals surface area (Å²) in [7, 11) is 0. The fourth-order valence-corrected chi connectivity index (χ4v) is 3.51. The first-order chi connectivity index (χ1) is 14.7. The molecule has 2 N–H and O–H groups in total. The van der Waals surface area contributed by atoms with Crippen LogP contribution in [0.25, 0.3) is 6.08 Å². The average Bonchev–Trinajstić information content (AvgIpc) is 2.76. The highest BCUT2D eigenvalue weighted by molar-refractivity contribution is 5.88. The van der Waals surface area contributed by atoms with Crippen LogP contribution < -0.4 is 4.74 Å². The van der Waals surface area contributed by atoms with Crippen molar-refractivity contribution in [3.05, 3.63) is 82.4 Å². The van der Waals surface area contributed by atoms with Gasteiger partial charge in [-0.3, -0.25) is 0 Å². The summed E-state index contributed by atoms with van der Waals surface area (Å²) in [6.07, 6.45) is 3.42. The van der Waals surface area contributed by atoms with Crippen molar-refractivity contribution in [1.82, 2.24) is 0 Å². The molecule has 0 radical (unpaired) electrons. The Bertz CT molecular complexity index is 973. The lowest BCUT2D eigenvalue weighted by molar-refractivity contribution is 0.0696. The summed E-state index contributed by atoms with van der Waals surface area (Å²) in [5.41, 5.74) is 2.92.